The average Bonchev–Trinajstić information content (AvgIpc) is 3.01. The summed E-state index contributed by atoms with van der Waals surface area (Å²) in [6, 6.07) is 2.60. The Kier molecular flexibility index (Phi) is 3.88. The van der Waals surface area contributed by atoms with Gasteiger partial charge in [-0.25, -0.2) is 13.8 Å². The van der Waals surface area contributed by atoms with Gasteiger partial charge in [0.05, 0.1) is 17.7 Å². The normalized spacial score (nSPS) is 22.3. The van der Waals surface area contributed by atoms with Crippen LogP contribution >= 0.6 is 11.6 Å². The molecule has 6 heteroatoms. The fourth-order valence-corrected chi connectivity index (χ4v) is 3.12. The van der Waals surface area contributed by atoms with Gasteiger partial charge in [0, 0.05) is 18.9 Å². The first-order valence-corrected chi connectivity index (χ1v) is 7.60. The van der Waals surface area contributed by atoms with Gasteiger partial charge in [-0.3, -0.25) is 0 Å². The maximum absolute atomic E-state index is 14.2. The van der Waals surface area contributed by atoms with Crippen LogP contribution < -0.4 is 0 Å². The van der Waals surface area contributed by atoms with E-state index in [1.54, 1.807) is 4.57 Å². The lowest BCUT2D eigenvalue weighted by molar-refractivity contribution is 0.00643. The average molecular weight is 315 g/mol. The second kappa shape index (κ2) is 5.54. The summed E-state index contributed by atoms with van der Waals surface area (Å²) >= 11 is 5.81. The van der Waals surface area contributed by atoms with Crippen LogP contribution in [0.2, 0.25) is 0 Å². The second-order valence-corrected chi connectivity index (χ2v) is 6.06. The number of alkyl halides is 1. The Bertz CT molecular complexity index is 665. The van der Waals surface area contributed by atoms with Crippen molar-refractivity contribution in [3.05, 3.63) is 29.6 Å². The number of hydrogen-bond donors (Lipinski definition) is 0. The highest BCUT2D eigenvalue weighted by atomic mass is 35.5. The smallest absolute Gasteiger partial charge is 0.184 e. The Balaban J connectivity index is 2.12. The summed E-state index contributed by atoms with van der Waals surface area (Å²) in [5, 5.41) is 0. The highest BCUT2D eigenvalue weighted by Crippen LogP contribution is 2.30. The lowest BCUT2D eigenvalue weighted by atomic mass is 10.0. The number of fused-ring (bicyclic) bond motifs is 1. The SMILES string of the molecule is CC1(Cn2c(CCCl)nc3ccc(F)c(F)c32)CCCO1. The van der Waals surface area contributed by atoms with Crippen molar-refractivity contribution in [1.82, 2.24) is 9.55 Å². The number of hydrogen-bond acceptors (Lipinski definition) is 2. The number of aryl methyl sites for hydroxylation is 1. The summed E-state index contributed by atoms with van der Waals surface area (Å²) in [5.74, 6) is -0.674. The van der Waals surface area contributed by atoms with Gasteiger partial charge >= 0.3 is 0 Å². The summed E-state index contributed by atoms with van der Waals surface area (Å²) in [5.41, 5.74) is 0.287. The van der Waals surface area contributed by atoms with Gasteiger partial charge in [0.25, 0.3) is 0 Å². The van der Waals surface area contributed by atoms with Gasteiger partial charge in [0.1, 0.15) is 11.3 Å². The molecule has 0 radical (unpaired) electrons. The van der Waals surface area contributed by atoms with E-state index < -0.39 is 11.6 Å². The summed E-state index contributed by atoms with van der Waals surface area (Å²) in [4.78, 5) is 4.39. The summed E-state index contributed by atoms with van der Waals surface area (Å²) < 4.78 is 35.3. The van der Waals surface area contributed by atoms with E-state index in [2.05, 4.69) is 4.98 Å². The van der Waals surface area contributed by atoms with Crippen LogP contribution in [0.5, 0.6) is 0 Å². The summed E-state index contributed by atoms with van der Waals surface area (Å²) in [6.07, 6.45) is 2.38. The van der Waals surface area contributed by atoms with Crippen molar-refractivity contribution in [2.45, 2.75) is 38.3 Å². The van der Waals surface area contributed by atoms with Gasteiger partial charge in [0.2, 0.25) is 0 Å². The first-order chi connectivity index (χ1) is 10.0. The maximum atomic E-state index is 14.2. The number of benzene rings is 1. The molecule has 2 aromatic rings. The van der Waals surface area contributed by atoms with Gasteiger partial charge < -0.3 is 9.30 Å². The standard InChI is InChI=1S/C15H17ClF2N2O/c1-15(6-2-8-21-15)9-20-12(5-7-16)19-11-4-3-10(17)13(18)14(11)20/h3-4H,2,5-9H2,1H3. The second-order valence-electron chi connectivity index (χ2n) is 5.68. The molecule has 3 nitrogen and oxygen atoms in total. The van der Waals surface area contributed by atoms with E-state index in [4.69, 9.17) is 16.3 Å². The van der Waals surface area contributed by atoms with E-state index in [0.29, 0.717) is 36.8 Å². The van der Waals surface area contributed by atoms with E-state index in [9.17, 15) is 8.78 Å². The molecule has 114 valence electrons. The zero-order chi connectivity index (χ0) is 15.0. The van der Waals surface area contributed by atoms with E-state index in [-0.39, 0.29) is 11.1 Å². The molecule has 0 aliphatic carbocycles. The molecule has 1 saturated heterocycles. The largest absolute Gasteiger partial charge is 0.373 e. The van der Waals surface area contributed by atoms with Crippen LogP contribution in [0.1, 0.15) is 25.6 Å². The first kappa shape index (κ1) is 14.7. The van der Waals surface area contributed by atoms with Crippen LogP contribution in [0.4, 0.5) is 8.78 Å². The van der Waals surface area contributed by atoms with Gasteiger partial charge in [-0.15, -0.1) is 11.6 Å². The van der Waals surface area contributed by atoms with Gasteiger partial charge in [-0.1, -0.05) is 0 Å². The van der Waals surface area contributed by atoms with Gasteiger partial charge in [-0.05, 0) is 31.9 Å². The Hall–Kier alpha value is -1.20. The van der Waals surface area contributed by atoms with E-state index in [1.165, 1.54) is 6.07 Å². The third-order valence-electron chi connectivity index (χ3n) is 3.99. The van der Waals surface area contributed by atoms with Crippen LogP contribution in [0.3, 0.4) is 0 Å². The van der Waals surface area contributed by atoms with E-state index in [1.807, 2.05) is 6.92 Å². The first-order valence-electron chi connectivity index (χ1n) is 7.07. The van der Waals surface area contributed by atoms with Crippen LogP contribution in [0, 0.1) is 11.6 Å². The maximum Gasteiger partial charge on any atom is 0.184 e. The zero-order valence-corrected chi connectivity index (χ0v) is 12.6. The van der Waals surface area contributed by atoms with Crippen LogP contribution in [-0.2, 0) is 17.7 Å². The molecule has 0 saturated carbocycles. The minimum absolute atomic E-state index is 0.201. The molecule has 2 heterocycles. The lowest BCUT2D eigenvalue weighted by Crippen LogP contribution is -2.30. The number of halogens is 3. The number of rotatable bonds is 4. The van der Waals surface area contributed by atoms with Crippen molar-refractivity contribution in [2.24, 2.45) is 0 Å². The Morgan fingerprint density at radius 3 is 2.90 bits per heavy atom. The molecule has 1 aromatic carbocycles. The minimum atomic E-state index is -0.862. The molecular weight excluding hydrogens is 298 g/mol. The molecule has 1 atom stereocenters. The third-order valence-corrected chi connectivity index (χ3v) is 4.18. The molecule has 0 N–H and O–H groups in total. The highest BCUT2D eigenvalue weighted by molar-refractivity contribution is 6.17. The van der Waals surface area contributed by atoms with Crippen LogP contribution in [-0.4, -0.2) is 27.6 Å². The third kappa shape index (κ3) is 2.64. The topological polar surface area (TPSA) is 27.1 Å². The quantitative estimate of drug-likeness (QED) is 0.805. The van der Waals surface area contributed by atoms with Crippen molar-refractivity contribution in [2.75, 3.05) is 12.5 Å². The predicted molar refractivity (Wildman–Crippen MR) is 77.7 cm³/mol. The van der Waals surface area contributed by atoms with Crippen molar-refractivity contribution >= 4 is 22.6 Å². The predicted octanol–water partition coefficient (Wildman–Crippen LogP) is 3.66. The summed E-state index contributed by atoms with van der Waals surface area (Å²) in [7, 11) is 0. The minimum Gasteiger partial charge on any atom is -0.373 e. The fraction of sp³-hybridized carbons (Fsp3) is 0.533. The Morgan fingerprint density at radius 2 is 2.24 bits per heavy atom. The Morgan fingerprint density at radius 1 is 1.43 bits per heavy atom. The Labute approximate surface area is 126 Å². The molecule has 0 amide bonds. The van der Waals surface area contributed by atoms with Crippen molar-refractivity contribution in [1.29, 1.82) is 0 Å². The number of aromatic nitrogens is 2. The van der Waals surface area contributed by atoms with Crippen LogP contribution in [0.25, 0.3) is 11.0 Å². The fourth-order valence-electron chi connectivity index (χ4n) is 2.95. The molecular formula is C15H17ClF2N2O. The van der Waals surface area contributed by atoms with Crippen molar-refractivity contribution in [3.8, 4) is 0 Å². The lowest BCUT2D eigenvalue weighted by Gasteiger charge is -2.25. The zero-order valence-electron chi connectivity index (χ0n) is 11.8. The molecule has 1 aromatic heterocycles. The molecule has 1 unspecified atom stereocenters. The molecule has 0 bridgehead atoms. The number of imidazole rings is 1. The van der Waals surface area contributed by atoms with E-state index in [0.717, 1.165) is 18.9 Å². The van der Waals surface area contributed by atoms with Crippen molar-refractivity contribution < 1.29 is 13.5 Å². The molecule has 1 aliphatic heterocycles. The molecule has 1 aliphatic rings. The van der Waals surface area contributed by atoms with Crippen molar-refractivity contribution in [3.63, 3.8) is 0 Å². The van der Waals surface area contributed by atoms with E-state index >= 15 is 0 Å². The molecule has 21 heavy (non-hydrogen) atoms. The van der Waals surface area contributed by atoms with Gasteiger partial charge in [0.15, 0.2) is 11.6 Å². The number of nitrogens with zero attached hydrogens (tertiary/aromatic N) is 2. The molecule has 0 spiro atoms. The molecule has 3 rings (SSSR count). The molecule has 1 fully saturated rings. The number of ether oxygens (including phenoxy) is 1. The monoisotopic (exact) mass is 314 g/mol. The van der Waals surface area contributed by atoms with Gasteiger partial charge in [-0.2, -0.15) is 0 Å². The van der Waals surface area contributed by atoms with Crippen LogP contribution in [0.15, 0.2) is 12.1 Å². The summed E-state index contributed by atoms with van der Waals surface area (Å²) in [6.45, 7) is 3.15. The highest BCUT2D eigenvalue weighted by Gasteiger charge is 2.32.